The van der Waals surface area contributed by atoms with Gasteiger partial charge in [0.25, 0.3) is 5.91 Å². The highest BCUT2D eigenvalue weighted by Gasteiger charge is 2.34. The van der Waals surface area contributed by atoms with Crippen molar-refractivity contribution < 1.29 is 19.2 Å². The van der Waals surface area contributed by atoms with E-state index in [4.69, 9.17) is 4.52 Å². The molecular weight excluding hydrogens is 312 g/mol. The van der Waals surface area contributed by atoms with Crippen LogP contribution in [-0.2, 0) is 4.79 Å². The van der Waals surface area contributed by atoms with Crippen LogP contribution in [0.15, 0.2) is 28.1 Å². The van der Waals surface area contributed by atoms with Crippen molar-refractivity contribution in [2.45, 2.75) is 6.04 Å². The first-order valence-electron chi connectivity index (χ1n) is 6.29. The molecule has 1 aliphatic heterocycles. The van der Waals surface area contributed by atoms with Gasteiger partial charge >= 0.3 is 5.97 Å². The summed E-state index contributed by atoms with van der Waals surface area (Å²) in [6.07, 6.45) is 0. The molecule has 1 N–H and O–H groups in total. The highest BCUT2D eigenvalue weighted by Crippen LogP contribution is 2.26. The lowest BCUT2D eigenvalue weighted by molar-refractivity contribution is -0.141. The Bertz CT molecular complexity index is 653. The Morgan fingerprint density at radius 3 is 3.05 bits per heavy atom. The molecule has 1 saturated heterocycles. The van der Waals surface area contributed by atoms with Gasteiger partial charge in [-0.05, 0) is 11.4 Å². The monoisotopic (exact) mass is 324 g/mol. The number of aromatic nitrogens is 1. The molecule has 1 atom stereocenters. The molecule has 0 bridgehead atoms. The van der Waals surface area contributed by atoms with Crippen LogP contribution in [0, 0.1) is 0 Å². The molecule has 1 fully saturated rings. The molecule has 1 amide bonds. The molecule has 1 aliphatic rings. The molecule has 3 heterocycles. The zero-order valence-electron chi connectivity index (χ0n) is 10.9. The Hall–Kier alpha value is -1.80. The van der Waals surface area contributed by atoms with E-state index >= 15 is 0 Å². The standard InChI is InChI=1S/C13H12N2O4S2/c16-12(15-3-5-20-7-9(15)13(17)18)8-6-10(19-14-8)11-2-1-4-21-11/h1-2,4,6,9H,3,5,7H2,(H,17,18). The van der Waals surface area contributed by atoms with Gasteiger partial charge in [0.15, 0.2) is 11.5 Å². The van der Waals surface area contributed by atoms with Gasteiger partial charge in [-0.3, -0.25) is 4.79 Å². The van der Waals surface area contributed by atoms with Gasteiger partial charge in [0.05, 0.1) is 4.88 Å². The maximum Gasteiger partial charge on any atom is 0.327 e. The third-order valence-electron chi connectivity index (χ3n) is 3.17. The maximum absolute atomic E-state index is 12.4. The molecule has 0 saturated carbocycles. The summed E-state index contributed by atoms with van der Waals surface area (Å²) in [5.74, 6) is 0.264. The number of hydrogen-bond donors (Lipinski definition) is 1. The number of carbonyl (C=O) groups is 2. The second kappa shape index (κ2) is 5.90. The predicted octanol–water partition coefficient (Wildman–Crippen LogP) is 2.05. The van der Waals surface area contributed by atoms with Crippen molar-refractivity contribution >= 4 is 35.0 Å². The molecular formula is C13H12N2O4S2. The smallest absolute Gasteiger partial charge is 0.327 e. The Balaban J connectivity index is 1.83. The number of rotatable bonds is 3. The number of carbonyl (C=O) groups excluding carboxylic acids is 1. The first-order chi connectivity index (χ1) is 10.2. The fraction of sp³-hybridized carbons (Fsp3) is 0.308. The molecule has 6 nitrogen and oxygen atoms in total. The average molecular weight is 324 g/mol. The van der Waals surface area contributed by atoms with Crippen LogP contribution in [0.3, 0.4) is 0 Å². The van der Waals surface area contributed by atoms with Crippen LogP contribution in [0.1, 0.15) is 10.5 Å². The van der Waals surface area contributed by atoms with E-state index in [1.54, 1.807) is 6.07 Å². The highest BCUT2D eigenvalue weighted by atomic mass is 32.2. The van der Waals surface area contributed by atoms with E-state index < -0.39 is 17.9 Å². The largest absolute Gasteiger partial charge is 0.480 e. The lowest BCUT2D eigenvalue weighted by Gasteiger charge is -2.31. The summed E-state index contributed by atoms with van der Waals surface area (Å²) < 4.78 is 5.18. The number of aliphatic carboxylic acids is 1. The van der Waals surface area contributed by atoms with Gasteiger partial charge in [-0.15, -0.1) is 11.3 Å². The van der Waals surface area contributed by atoms with E-state index in [1.165, 1.54) is 28.0 Å². The Labute approximate surface area is 128 Å². The number of thiophene rings is 1. The highest BCUT2D eigenvalue weighted by molar-refractivity contribution is 7.99. The molecule has 1 unspecified atom stereocenters. The number of carboxylic acids is 1. The van der Waals surface area contributed by atoms with Gasteiger partial charge in [0, 0.05) is 24.1 Å². The summed E-state index contributed by atoms with van der Waals surface area (Å²) in [6.45, 7) is 0.404. The van der Waals surface area contributed by atoms with Crippen molar-refractivity contribution in [1.82, 2.24) is 10.1 Å². The zero-order chi connectivity index (χ0) is 14.8. The molecule has 0 aromatic carbocycles. The van der Waals surface area contributed by atoms with Crippen LogP contribution >= 0.6 is 23.1 Å². The molecule has 2 aromatic rings. The average Bonchev–Trinajstić information content (AvgIpc) is 3.17. The summed E-state index contributed by atoms with van der Waals surface area (Å²) >= 11 is 3.02. The number of hydrogen-bond acceptors (Lipinski definition) is 6. The van der Waals surface area contributed by atoms with Crippen LogP contribution in [0.4, 0.5) is 0 Å². The number of amides is 1. The van der Waals surface area contributed by atoms with Gasteiger partial charge in [-0.25, -0.2) is 4.79 Å². The van der Waals surface area contributed by atoms with Crippen molar-refractivity contribution in [3.05, 3.63) is 29.3 Å². The van der Waals surface area contributed by atoms with E-state index in [-0.39, 0.29) is 5.69 Å². The summed E-state index contributed by atoms with van der Waals surface area (Å²) in [5, 5.41) is 14.9. The third kappa shape index (κ3) is 2.81. The second-order valence-electron chi connectivity index (χ2n) is 4.48. The molecule has 21 heavy (non-hydrogen) atoms. The molecule has 8 heteroatoms. The van der Waals surface area contributed by atoms with Crippen molar-refractivity contribution in [2.75, 3.05) is 18.1 Å². The van der Waals surface area contributed by atoms with E-state index in [9.17, 15) is 14.7 Å². The SMILES string of the molecule is O=C(O)C1CSCCN1C(=O)c1cc(-c2cccs2)on1. The zero-order valence-corrected chi connectivity index (χ0v) is 12.5. The van der Waals surface area contributed by atoms with E-state index in [0.29, 0.717) is 18.1 Å². The van der Waals surface area contributed by atoms with Gasteiger partial charge in [0.1, 0.15) is 6.04 Å². The minimum Gasteiger partial charge on any atom is -0.480 e. The summed E-state index contributed by atoms with van der Waals surface area (Å²) in [7, 11) is 0. The number of carboxylic acid groups (broad SMARTS) is 1. The fourth-order valence-corrected chi connectivity index (χ4v) is 3.82. The van der Waals surface area contributed by atoms with E-state index in [1.807, 2.05) is 17.5 Å². The predicted molar refractivity (Wildman–Crippen MR) is 79.6 cm³/mol. The van der Waals surface area contributed by atoms with Crippen LogP contribution < -0.4 is 0 Å². The van der Waals surface area contributed by atoms with Crippen molar-refractivity contribution in [3.8, 4) is 10.6 Å². The molecule has 0 spiro atoms. The lowest BCUT2D eigenvalue weighted by Crippen LogP contribution is -2.50. The number of nitrogens with zero attached hydrogens (tertiary/aromatic N) is 2. The molecule has 0 radical (unpaired) electrons. The fourth-order valence-electron chi connectivity index (χ4n) is 2.11. The molecule has 2 aromatic heterocycles. The second-order valence-corrected chi connectivity index (χ2v) is 6.58. The van der Waals surface area contributed by atoms with E-state index in [2.05, 4.69) is 5.16 Å². The van der Waals surface area contributed by atoms with Crippen molar-refractivity contribution in [3.63, 3.8) is 0 Å². The molecule has 3 rings (SSSR count). The van der Waals surface area contributed by atoms with Gasteiger partial charge < -0.3 is 14.5 Å². The minimum absolute atomic E-state index is 0.150. The molecule has 0 aliphatic carbocycles. The van der Waals surface area contributed by atoms with Crippen LogP contribution in [0.5, 0.6) is 0 Å². The first-order valence-corrected chi connectivity index (χ1v) is 8.32. The lowest BCUT2D eigenvalue weighted by atomic mass is 10.2. The summed E-state index contributed by atoms with van der Waals surface area (Å²) in [6, 6.07) is 4.51. The van der Waals surface area contributed by atoms with Crippen molar-refractivity contribution in [2.24, 2.45) is 0 Å². The third-order valence-corrected chi connectivity index (χ3v) is 5.07. The molecule has 110 valence electrons. The minimum atomic E-state index is -0.988. The topological polar surface area (TPSA) is 83.6 Å². The van der Waals surface area contributed by atoms with Gasteiger partial charge in [0.2, 0.25) is 0 Å². The summed E-state index contributed by atoms with van der Waals surface area (Å²) in [5.41, 5.74) is 0.150. The van der Waals surface area contributed by atoms with Crippen LogP contribution in [-0.4, -0.2) is 51.1 Å². The Kier molecular flexibility index (Phi) is 3.98. The Morgan fingerprint density at radius 1 is 1.48 bits per heavy atom. The Morgan fingerprint density at radius 2 is 2.33 bits per heavy atom. The summed E-state index contributed by atoms with van der Waals surface area (Å²) in [4.78, 5) is 25.9. The van der Waals surface area contributed by atoms with Crippen LogP contribution in [0.2, 0.25) is 0 Å². The van der Waals surface area contributed by atoms with Gasteiger partial charge in [-0.2, -0.15) is 11.8 Å². The maximum atomic E-state index is 12.4. The normalized spacial score (nSPS) is 18.7. The van der Waals surface area contributed by atoms with E-state index in [0.717, 1.165) is 10.6 Å². The number of thioether (sulfide) groups is 1. The van der Waals surface area contributed by atoms with Gasteiger partial charge in [-0.1, -0.05) is 11.2 Å². The quantitative estimate of drug-likeness (QED) is 0.930. The van der Waals surface area contributed by atoms with Crippen LogP contribution in [0.25, 0.3) is 10.6 Å². The van der Waals surface area contributed by atoms with Crippen molar-refractivity contribution in [1.29, 1.82) is 0 Å². The first kappa shape index (κ1) is 14.2.